The molecule has 0 aromatic heterocycles. The van der Waals surface area contributed by atoms with E-state index in [1.807, 2.05) is 5.43 Å². The Kier molecular flexibility index (Phi) is 4.46. The van der Waals surface area contributed by atoms with Gasteiger partial charge in [-0.05, 0) is 12.1 Å². The van der Waals surface area contributed by atoms with Crippen molar-refractivity contribution in [1.82, 2.24) is 5.65 Å². The first kappa shape index (κ1) is 11.1. The van der Waals surface area contributed by atoms with Crippen molar-refractivity contribution < 1.29 is 13.3 Å². The Morgan fingerprint density at radius 1 is 1.00 bits per heavy atom. The Morgan fingerprint density at radius 3 is 1.92 bits per heavy atom. The lowest BCUT2D eigenvalue weighted by Crippen LogP contribution is -2.10. The third-order valence-electron chi connectivity index (χ3n) is 1.05. The summed E-state index contributed by atoms with van der Waals surface area (Å²) in [5.41, 5.74) is 2.94. The average Bonchev–Trinajstić information content (AvgIpc) is 1.85. The highest BCUT2D eigenvalue weighted by Gasteiger charge is 1.98. The molecule has 1 aromatic rings. The second-order valence-corrected chi connectivity index (χ2v) is 1.88. The van der Waals surface area contributed by atoms with E-state index in [1.165, 1.54) is 0 Å². The van der Waals surface area contributed by atoms with Crippen LogP contribution in [0, 0.1) is 11.6 Å². The van der Waals surface area contributed by atoms with Gasteiger partial charge in [0, 0.05) is 6.07 Å². The molecule has 0 saturated carbocycles. The minimum absolute atomic E-state index is 0. The van der Waals surface area contributed by atoms with Crippen molar-refractivity contribution in [2.75, 3.05) is 5.43 Å². The molecule has 0 fully saturated rings. The Labute approximate surface area is 73.1 Å². The first-order valence-electron chi connectivity index (χ1n) is 2.80. The van der Waals surface area contributed by atoms with Crippen LogP contribution in [0.4, 0.5) is 18.9 Å². The molecular weight excluding hydrogens is 193 g/mol. The monoisotopic (exact) mass is 198 g/mol. The molecule has 0 unspecified atom stereocenters. The van der Waals surface area contributed by atoms with E-state index in [9.17, 15) is 13.3 Å². The minimum atomic E-state index is -0.761. The Morgan fingerprint density at radius 2 is 1.50 bits per heavy atom. The number of anilines is 1. The van der Waals surface area contributed by atoms with Crippen molar-refractivity contribution in [3.8, 4) is 0 Å². The van der Waals surface area contributed by atoms with Crippen molar-refractivity contribution in [3.63, 3.8) is 0 Å². The lowest BCUT2D eigenvalue weighted by atomic mass is 10.3. The standard InChI is InChI=1S/C6H5F3N2.ClH/c7-4-1-5(8)3-6(2-4)10-11-9;/h1-3,10-11H;1H. The summed E-state index contributed by atoms with van der Waals surface area (Å²) in [5, 5.41) is 0. The SMILES string of the molecule is Cl.FNNc1cc(F)cc(F)c1. The topological polar surface area (TPSA) is 24.1 Å². The molecule has 68 valence electrons. The molecule has 0 saturated heterocycles. The number of rotatable bonds is 2. The predicted molar refractivity (Wildman–Crippen MR) is 41.5 cm³/mol. The Bertz CT molecular complexity index is 236. The number of halogens is 4. The minimum Gasteiger partial charge on any atom is -0.294 e. The van der Waals surface area contributed by atoms with Gasteiger partial charge in [0.1, 0.15) is 11.6 Å². The summed E-state index contributed by atoms with van der Waals surface area (Å²) in [6, 6.07) is 2.61. The molecule has 0 aliphatic carbocycles. The van der Waals surface area contributed by atoms with Crippen LogP contribution in [-0.4, -0.2) is 0 Å². The molecule has 2 nitrogen and oxygen atoms in total. The summed E-state index contributed by atoms with van der Waals surface area (Å²) >= 11 is 0. The summed E-state index contributed by atoms with van der Waals surface area (Å²) in [4.78, 5) is 0. The van der Waals surface area contributed by atoms with Gasteiger partial charge in [-0.1, -0.05) is 5.65 Å². The maximum atomic E-state index is 12.3. The summed E-state index contributed by atoms with van der Waals surface area (Å²) in [6.45, 7) is 0. The van der Waals surface area contributed by atoms with Gasteiger partial charge in [-0.2, -0.15) is 0 Å². The summed E-state index contributed by atoms with van der Waals surface area (Å²) < 4.78 is 36.0. The zero-order valence-electron chi connectivity index (χ0n) is 5.77. The Balaban J connectivity index is 0.00000121. The zero-order valence-corrected chi connectivity index (χ0v) is 6.59. The highest BCUT2D eigenvalue weighted by molar-refractivity contribution is 5.85. The van der Waals surface area contributed by atoms with Gasteiger partial charge < -0.3 is 0 Å². The lowest BCUT2D eigenvalue weighted by molar-refractivity contribution is 0.375. The predicted octanol–water partition coefficient (Wildman–Crippen LogP) is 2.19. The molecule has 2 N–H and O–H groups in total. The number of hydrogen-bond acceptors (Lipinski definition) is 2. The molecule has 0 amide bonds. The van der Waals surface area contributed by atoms with Crippen LogP contribution in [0.25, 0.3) is 0 Å². The van der Waals surface area contributed by atoms with Crippen LogP contribution in [0.2, 0.25) is 0 Å². The number of hydrazine groups is 1. The normalized spacial score (nSPS) is 8.92. The number of nitrogens with one attached hydrogen (secondary N) is 2. The fourth-order valence-corrected chi connectivity index (χ4v) is 0.681. The molecule has 12 heavy (non-hydrogen) atoms. The van der Waals surface area contributed by atoms with Gasteiger partial charge in [0.2, 0.25) is 0 Å². The third-order valence-corrected chi connectivity index (χ3v) is 1.05. The average molecular weight is 199 g/mol. The van der Waals surface area contributed by atoms with E-state index in [4.69, 9.17) is 0 Å². The summed E-state index contributed by atoms with van der Waals surface area (Å²) in [6.07, 6.45) is 0. The zero-order chi connectivity index (χ0) is 8.27. The van der Waals surface area contributed by atoms with Crippen LogP contribution in [0.15, 0.2) is 18.2 Å². The van der Waals surface area contributed by atoms with Crippen LogP contribution in [0.3, 0.4) is 0 Å². The van der Waals surface area contributed by atoms with E-state index >= 15 is 0 Å². The van der Waals surface area contributed by atoms with Crippen LogP contribution in [0.5, 0.6) is 0 Å². The first-order chi connectivity index (χ1) is 5.22. The maximum absolute atomic E-state index is 12.3. The van der Waals surface area contributed by atoms with Crippen LogP contribution in [0.1, 0.15) is 0 Å². The number of hydrogen-bond donors (Lipinski definition) is 2. The first-order valence-corrected chi connectivity index (χ1v) is 2.80. The van der Waals surface area contributed by atoms with E-state index < -0.39 is 11.6 Å². The smallest absolute Gasteiger partial charge is 0.128 e. The highest BCUT2D eigenvalue weighted by Crippen LogP contribution is 2.11. The van der Waals surface area contributed by atoms with Gasteiger partial charge in [-0.3, -0.25) is 5.43 Å². The van der Waals surface area contributed by atoms with E-state index in [0.29, 0.717) is 6.07 Å². The largest absolute Gasteiger partial charge is 0.294 e. The lowest BCUT2D eigenvalue weighted by Gasteiger charge is -2.00. The molecule has 6 heteroatoms. The van der Waals surface area contributed by atoms with Crippen molar-refractivity contribution in [3.05, 3.63) is 29.8 Å². The molecule has 0 radical (unpaired) electrons. The van der Waals surface area contributed by atoms with Gasteiger partial charge in [-0.15, -0.1) is 16.9 Å². The molecule has 1 rings (SSSR count). The fourth-order valence-electron chi connectivity index (χ4n) is 0.681. The maximum Gasteiger partial charge on any atom is 0.128 e. The van der Waals surface area contributed by atoms with Gasteiger partial charge in [-0.25, -0.2) is 8.78 Å². The van der Waals surface area contributed by atoms with E-state index in [0.717, 1.165) is 17.8 Å². The summed E-state index contributed by atoms with van der Waals surface area (Å²) in [7, 11) is 0. The molecule has 0 aliphatic heterocycles. The molecule has 1 aromatic carbocycles. The van der Waals surface area contributed by atoms with Gasteiger partial charge in [0.15, 0.2) is 0 Å². The van der Waals surface area contributed by atoms with E-state index in [2.05, 4.69) is 0 Å². The number of benzene rings is 1. The van der Waals surface area contributed by atoms with E-state index in [1.54, 1.807) is 0 Å². The second-order valence-electron chi connectivity index (χ2n) is 1.88. The van der Waals surface area contributed by atoms with Gasteiger partial charge in [0.05, 0.1) is 5.69 Å². The van der Waals surface area contributed by atoms with Crippen molar-refractivity contribution in [2.24, 2.45) is 0 Å². The second kappa shape index (κ2) is 4.84. The highest BCUT2D eigenvalue weighted by atomic mass is 35.5. The van der Waals surface area contributed by atoms with Crippen LogP contribution in [-0.2, 0) is 0 Å². The van der Waals surface area contributed by atoms with Gasteiger partial charge >= 0.3 is 0 Å². The third kappa shape index (κ3) is 2.98. The van der Waals surface area contributed by atoms with E-state index in [-0.39, 0.29) is 18.1 Å². The quantitative estimate of drug-likeness (QED) is 0.562. The molecular formula is C6H6ClF3N2. The molecule has 0 spiro atoms. The van der Waals surface area contributed by atoms with Crippen molar-refractivity contribution >= 4 is 18.1 Å². The van der Waals surface area contributed by atoms with Crippen molar-refractivity contribution in [1.29, 1.82) is 0 Å². The fraction of sp³-hybridized carbons (Fsp3) is 0. The molecule has 0 bridgehead atoms. The van der Waals surface area contributed by atoms with Crippen LogP contribution >= 0.6 is 12.4 Å². The van der Waals surface area contributed by atoms with Crippen molar-refractivity contribution in [2.45, 2.75) is 0 Å². The molecule has 0 heterocycles. The summed E-state index contributed by atoms with van der Waals surface area (Å²) in [5.74, 6) is -1.52. The van der Waals surface area contributed by atoms with Crippen LogP contribution < -0.4 is 11.1 Å². The molecule has 0 aliphatic rings. The Hall–Kier alpha value is -0.940. The molecule has 0 atom stereocenters. The van der Waals surface area contributed by atoms with Gasteiger partial charge in [0.25, 0.3) is 0 Å².